The van der Waals surface area contributed by atoms with Gasteiger partial charge in [-0.1, -0.05) is 12.8 Å². The molecule has 0 aromatic heterocycles. The van der Waals surface area contributed by atoms with Crippen molar-refractivity contribution in [2.45, 2.75) is 89.4 Å². The third kappa shape index (κ3) is 7.65. The first kappa shape index (κ1) is 20.7. The lowest BCUT2D eigenvalue weighted by atomic mass is 9.91. The summed E-state index contributed by atoms with van der Waals surface area (Å²) in [4.78, 5) is 21.1. The van der Waals surface area contributed by atoms with Gasteiger partial charge < -0.3 is 11.5 Å². The number of nitrogens with two attached hydrogens (primary N) is 2. The predicted octanol–water partition coefficient (Wildman–Crippen LogP) is 2.09. The van der Waals surface area contributed by atoms with E-state index in [4.69, 9.17) is 11.5 Å². The van der Waals surface area contributed by atoms with Crippen LogP contribution in [-0.4, -0.2) is 33.0 Å². The summed E-state index contributed by atoms with van der Waals surface area (Å²) >= 11 is 0. The van der Waals surface area contributed by atoms with Crippen molar-refractivity contribution in [2.75, 3.05) is 0 Å². The molecule has 0 saturated carbocycles. The van der Waals surface area contributed by atoms with Crippen molar-refractivity contribution in [3.63, 3.8) is 0 Å². The number of nitro groups is 2. The molecule has 2 unspecified atom stereocenters. The predicted molar refractivity (Wildman–Crippen MR) is 85.8 cm³/mol. The van der Waals surface area contributed by atoms with Crippen molar-refractivity contribution >= 4 is 0 Å². The van der Waals surface area contributed by atoms with Gasteiger partial charge in [-0.15, -0.1) is 0 Å². The molecule has 8 nitrogen and oxygen atoms in total. The van der Waals surface area contributed by atoms with Gasteiger partial charge >= 0.3 is 0 Å². The summed E-state index contributed by atoms with van der Waals surface area (Å²) in [5, 5.41) is 21.7. The minimum atomic E-state index is -1.01. The zero-order valence-electron chi connectivity index (χ0n) is 14.1. The van der Waals surface area contributed by atoms with Gasteiger partial charge in [0.15, 0.2) is 0 Å². The molecule has 130 valence electrons. The summed E-state index contributed by atoms with van der Waals surface area (Å²) in [5.41, 5.74) is 9.85. The van der Waals surface area contributed by atoms with Crippen LogP contribution in [0.2, 0.25) is 0 Å². The average molecular weight is 318 g/mol. The second kappa shape index (κ2) is 8.38. The molecule has 0 heterocycles. The van der Waals surface area contributed by atoms with Crippen molar-refractivity contribution in [3.8, 4) is 0 Å². The van der Waals surface area contributed by atoms with Crippen LogP contribution in [0.15, 0.2) is 0 Å². The molecule has 2 atom stereocenters. The minimum absolute atomic E-state index is 0.216. The van der Waals surface area contributed by atoms with Crippen LogP contribution >= 0.6 is 0 Å². The maximum Gasteiger partial charge on any atom is 0.218 e. The SMILES string of the molecule is CC(C)(CC(N)CCCCC(N)CC(C)(C)[N+](=O)[O-])[N+](=O)[O-]. The highest BCUT2D eigenvalue weighted by molar-refractivity contribution is 4.77. The molecule has 0 aliphatic heterocycles. The van der Waals surface area contributed by atoms with Crippen LogP contribution in [-0.2, 0) is 0 Å². The smallest absolute Gasteiger partial charge is 0.218 e. The normalized spacial score (nSPS) is 15.4. The lowest BCUT2D eigenvalue weighted by molar-refractivity contribution is -0.562. The van der Waals surface area contributed by atoms with Crippen molar-refractivity contribution in [1.29, 1.82) is 0 Å². The number of nitrogens with zero attached hydrogens (tertiary/aromatic N) is 2. The zero-order chi connectivity index (χ0) is 17.6. The van der Waals surface area contributed by atoms with E-state index in [1.807, 2.05) is 0 Å². The van der Waals surface area contributed by atoms with Crippen LogP contribution in [0.5, 0.6) is 0 Å². The molecule has 0 aromatic rings. The first-order valence-corrected chi connectivity index (χ1v) is 7.68. The Kier molecular flexibility index (Phi) is 7.89. The number of unbranched alkanes of at least 4 members (excludes halogenated alkanes) is 1. The fourth-order valence-corrected chi connectivity index (χ4v) is 2.45. The van der Waals surface area contributed by atoms with E-state index in [1.165, 1.54) is 0 Å². The lowest BCUT2D eigenvalue weighted by Gasteiger charge is -2.21. The van der Waals surface area contributed by atoms with Gasteiger partial charge in [0.25, 0.3) is 0 Å². The number of rotatable bonds is 11. The fourth-order valence-electron chi connectivity index (χ4n) is 2.45. The van der Waals surface area contributed by atoms with Gasteiger partial charge in [0.1, 0.15) is 0 Å². The molecule has 4 N–H and O–H groups in total. The van der Waals surface area contributed by atoms with Crippen LogP contribution in [0, 0.1) is 20.2 Å². The summed E-state index contributed by atoms with van der Waals surface area (Å²) in [6.45, 7) is 6.29. The molecule has 0 radical (unpaired) electrons. The molecule has 22 heavy (non-hydrogen) atoms. The summed E-state index contributed by atoms with van der Waals surface area (Å²) < 4.78 is 0. The third-order valence-electron chi connectivity index (χ3n) is 3.91. The monoisotopic (exact) mass is 318 g/mol. The Morgan fingerprint density at radius 3 is 1.32 bits per heavy atom. The molecule has 0 aliphatic carbocycles. The molecule has 0 aromatic carbocycles. The van der Waals surface area contributed by atoms with Gasteiger partial charge in [-0.05, 0) is 12.8 Å². The first-order chi connectivity index (χ1) is 9.88. The van der Waals surface area contributed by atoms with Crippen molar-refractivity contribution in [3.05, 3.63) is 20.2 Å². The zero-order valence-corrected chi connectivity index (χ0v) is 14.1. The Bertz CT molecular complexity index is 349. The Morgan fingerprint density at radius 1 is 0.818 bits per heavy atom. The Hall–Kier alpha value is -1.28. The highest BCUT2D eigenvalue weighted by Crippen LogP contribution is 2.20. The van der Waals surface area contributed by atoms with E-state index in [9.17, 15) is 20.2 Å². The summed E-state index contributed by atoms with van der Waals surface area (Å²) in [6, 6.07) is -0.432. The molecule has 0 rings (SSSR count). The van der Waals surface area contributed by atoms with E-state index < -0.39 is 11.1 Å². The highest BCUT2D eigenvalue weighted by atomic mass is 16.6. The van der Waals surface area contributed by atoms with Gasteiger partial charge in [-0.2, -0.15) is 0 Å². The fraction of sp³-hybridized carbons (Fsp3) is 1.00. The molecular weight excluding hydrogens is 288 g/mol. The van der Waals surface area contributed by atoms with Crippen LogP contribution in [0.3, 0.4) is 0 Å². The highest BCUT2D eigenvalue weighted by Gasteiger charge is 2.33. The van der Waals surface area contributed by atoms with Crippen LogP contribution in [0.25, 0.3) is 0 Å². The summed E-state index contributed by atoms with van der Waals surface area (Å²) in [5.74, 6) is 0. The average Bonchev–Trinajstić information content (AvgIpc) is 2.33. The summed E-state index contributed by atoms with van der Waals surface area (Å²) in [6.07, 6.45) is 3.70. The van der Waals surface area contributed by atoms with Gasteiger partial charge in [-0.25, -0.2) is 0 Å². The Labute approximate surface area is 131 Å². The largest absolute Gasteiger partial charge is 0.327 e. The maximum atomic E-state index is 10.8. The molecule has 0 amide bonds. The van der Waals surface area contributed by atoms with Gasteiger partial charge in [0.2, 0.25) is 11.1 Å². The van der Waals surface area contributed by atoms with Crippen molar-refractivity contribution < 1.29 is 9.85 Å². The Morgan fingerprint density at radius 2 is 1.09 bits per heavy atom. The topological polar surface area (TPSA) is 138 Å². The second-order valence-corrected chi connectivity index (χ2v) is 7.35. The minimum Gasteiger partial charge on any atom is -0.327 e. The third-order valence-corrected chi connectivity index (χ3v) is 3.91. The molecule has 0 fully saturated rings. The van der Waals surface area contributed by atoms with Gasteiger partial charge in [0.05, 0.1) is 0 Å². The van der Waals surface area contributed by atoms with E-state index >= 15 is 0 Å². The van der Waals surface area contributed by atoms with Crippen LogP contribution in [0.1, 0.15) is 66.2 Å². The van der Waals surface area contributed by atoms with E-state index in [2.05, 4.69) is 0 Å². The molecule has 0 bridgehead atoms. The first-order valence-electron chi connectivity index (χ1n) is 7.68. The molecule has 8 heteroatoms. The Balaban J connectivity index is 3.98. The van der Waals surface area contributed by atoms with Crippen LogP contribution < -0.4 is 11.5 Å². The van der Waals surface area contributed by atoms with Crippen molar-refractivity contribution in [1.82, 2.24) is 0 Å². The second-order valence-electron chi connectivity index (χ2n) is 7.35. The van der Waals surface area contributed by atoms with Crippen molar-refractivity contribution in [2.24, 2.45) is 11.5 Å². The standard InChI is InChI=1S/C14H30N4O4/c1-13(2,17(19)20)9-11(15)7-5-6-8-12(16)10-14(3,4)18(21)22/h11-12H,5-10,15-16H2,1-4H3. The molecular formula is C14H30N4O4. The van der Waals surface area contributed by atoms with E-state index in [0.717, 1.165) is 12.8 Å². The van der Waals surface area contributed by atoms with E-state index in [-0.39, 0.29) is 21.9 Å². The van der Waals surface area contributed by atoms with E-state index in [1.54, 1.807) is 27.7 Å². The maximum absolute atomic E-state index is 10.8. The molecule has 0 spiro atoms. The number of hydrogen-bond donors (Lipinski definition) is 2. The van der Waals surface area contributed by atoms with Gasteiger partial charge in [-0.3, -0.25) is 20.2 Å². The lowest BCUT2D eigenvalue weighted by Crippen LogP contribution is -2.39. The molecule has 0 aliphatic rings. The quantitative estimate of drug-likeness (QED) is 0.340. The van der Waals surface area contributed by atoms with Crippen LogP contribution in [0.4, 0.5) is 0 Å². The van der Waals surface area contributed by atoms with E-state index in [0.29, 0.717) is 25.7 Å². The molecule has 0 saturated heterocycles. The summed E-state index contributed by atoms with van der Waals surface area (Å²) in [7, 11) is 0. The van der Waals surface area contributed by atoms with Gasteiger partial charge in [0, 0.05) is 62.5 Å². The number of hydrogen-bond acceptors (Lipinski definition) is 6.